The van der Waals surface area contributed by atoms with Gasteiger partial charge in [-0.15, -0.1) is 0 Å². The fraction of sp³-hybridized carbons (Fsp3) is 0.188. The van der Waals surface area contributed by atoms with E-state index in [0.29, 0.717) is 11.3 Å². The lowest BCUT2D eigenvalue weighted by Crippen LogP contribution is -2.30. The van der Waals surface area contributed by atoms with Gasteiger partial charge in [0.05, 0.1) is 11.6 Å². The Morgan fingerprint density at radius 2 is 1.95 bits per heavy atom. The van der Waals surface area contributed by atoms with Crippen molar-refractivity contribution >= 4 is 5.91 Å². The number of pyridine rings is 1. The molecule has 1 heterocycles. The van der Waals surface area contributed by atoms with Gasteiger partial charge < -0.3 is 10.0 Å². The number of benzene rings is 1. The van der Waals surface area contributed by atoms with Crippen molar-refractivity contribution in [3.05, 3.63) is 59.4 Å². The van der Waals surface area contributed by atoms with E-state index in [-0.39, 0.29) is 17.7 Å². The highest BCUT2D eigenvalue weighted by Crippen LogP contribution is 2.22. The van der Waals surface area contributed by atoms with Crippen molar-refractivity contribution in [1.29, 1.82) is 5.26 Å². The lowest BCUT2D eigenvalue weighted by molar-refractivity contribution is 0.0736. The molecule has 0 bridgehead atoms. The Labute approximate surface area is 123 Å². The molecule has 0 saturated heterocycles. The van der Waals surface area contributed by atoms with Crippen LogP contribution in [0.2, 0.25) is 0 Å². The van der Waals surface area contributed by atoms with Crippen LogP contribution >= 0.6 is 0 Å². The molecule has 1 aromatic heterocycles. The number of rotatable bonds is 3. The quantitative estimate of drug-likeness (QED) is 0.937. The summed E-state index contributed by atoms with van der Waals surface area (Å²) < 4.78 is 0. The number of hydrogen-bond acceptors (Lipinski definition) is 4. The maximum absolute atomic E-state index is 12.4. The second kappa shape index (κ2) is 6.06. The second-order valence-electron chi connectivity index (χ2n) is 4.73. The van der Waals surface area contributed by atoms with Crippen LogP contribution in [0.15, 0.2) is 42.6 Å². The minimum Gasteiger partial charge on any atom is -0.508 e. The Morgan fingerprint density at radius 3 is 2.48 bits per heavy atom. The van der Waals surface area contributed by atoms with E-state index >= 15 is 0 Å². The molecule has 106 valence electrons. The molecule has 5 heteroatoms. The second-order valence-corrected chi connectivity index (χ2v) is 4.73. The fourth-order valence-corrected chi connectivity index (χ4v) is 1.92. The number of carbonyl (C=O) groups excluding carboxylic acids is 1. The lowest BCUT2D eigenvalue weighted by Gasteiger charge is -2.25. The summed E-state index contributed by atoms with van der Waals surface area (Å²) in [5.41, 5.74) is 1.63. The molecule has 0 saturated carbocycles. The highest BCUT2D eigenvalue weighted by molar-refractivity contribution is 5.92. The summed E-state index contributed by atoms with van der Waals surface area (Å²) in [6.45, 7) is 1.90. The van der Waals surface area contributed by atoms with Crippen molar-refractivity contribution < 1.29 is 9.90 Å². The summed E-state index contributed by atoms with van der Waals surface area (Å²) >= 11 is 0. The van der Waals surface area contributed by atoms with E-state index in [1.54, 1.807) is 48.3 Å². The predicted molar refractivity (Wildman–Crippen MR) is 77.6 cm³/mol. The Morgan fingerprint density at radius 1 is 1.29 bits per heavy atom. The third-order valence-electron chi connectivity index (χ3n) is 3.39. The van der Waals surface area contributed by atoms with E-state index in [9.17, 15) is 9.90 Å². The van der Waals surface area contributed by atoms with Crippen LogP contribution in [0.4, 0.5) is 0 Å². The van der Waals surface area contributed by atoms with Gasteiger partial charge >= 0.3 is 0 Å². The average Bonchev–Trinajstić information content (AvgIpc) is 2.53. The van der Waals surface area contributed by atoms with Crippen molar-refractivity contribution in [2.75, 3.05) is 7.05 Å². The van der Waals surface area contributed by atoms with Gasteiger partial charge in [0.25, 0.3) is 5.91 Å². The predicted octanol–water partition coefficient (Wildman–Crippen LogP) is 2.49. The zero-order chi connectivity index (χ0) is 15.4. The SMILES string of the molecule is CC(c1ccc(O)cc1)N(C)C(=O)c1ccc(C#N)cn1. The van der Waals surface area contributed by atoms with Crippen LogP contribution in [-0.4, -0.2) is 27.9 Å². The highest BCUT2D eigenvalue weighted by atomic mass is 16.3. The molecular formula is C16H15N3O2. The molecule has 0 spiro atoms. The minimum absolute atomic E-state index is 0.157. The number of aromatic hydroxyl groups is 1. The van der Waals surface area contributed by atoms with Crippen molar-refractivity contribution in [2.45, 2.75) is 13.0 Å². The average molecular weight is 281 g/mol. The molecule has 1 amide bonds. The number of nitriles is 1. The van der Waals surface area contributed by atoms with E-state index in [1.807, 2.05) is 13.0 Å². The number of hydrogen-bond donors (Lipinski definition) is 1. The van der Waals surface area contributed by atoms with Gasteiger partial charge in [-0.05, 0) is 36.8 Å². The zero-order valence-electron chi connectivity index (χ0n) is 11.8. The largest absolute Gasteiger partial charge is 0.508 e. The minimum atomic E-state index is -0.222. The number of nitrogens with zero attached hydrogens (tertiary/aromatic N) is 3. The Bertz CT molecular complexity index is 672. The van der Waals surface area contributed by atoms with Crippen LogP contribution in [0, 0.1) is 11.3 Å². The molecule has 0 fully saturated rings. The van der Waals surface area contributed by atoms with Crippen molar-refractivity contribution in [3.63, 3.8) is 0 Å². The third kappa shape index (κ3) is 3.18. The zero-order valence-corrected chi connectivity index (χ0v) is 11.8. The molecule has 0 aliphatic carbocycles. The molecule has 2 aromatic rings. The summed E-state index contributed by atoms with van der Waals surface area (Å²) in [7, 11) is 1.69. The van der Waals surface area contributed by atoms with E-state index in [2.05, 4.69) is 4.98 Å². The smallest absolute Gasteiger partial charge is 0.272 e. The van der Waals surface area contributed by atoms with Crippen molar-refractivity contribution in [3.8, 4) is 11.8 Å². The van der Waals surface area contributed by atoms with Crippen LogP contribution in [-0.2, 0) is 0 Å². The number of carbonyl (C=O) groups is 1. The van der Waals surface area contributed by atoms with E-state index < -0.39 is 0 Å². The van der Waals surface area contributed by atoms with Crippen LogP contribution in [0.1, 0.15) is 34.6 Å². The maximum atomic E-state index is 12.4. The summed E-state index contributed by atoms with van der Waals surface area (Å²) in [5.74, 6) is -0.0336. The molecule has 1 N–H and O–H groups in total. The van der Waals surface area contributed by atoms with Gasteiger partial charge in [-0.2, -0.15) is 5.26 Å². The molecule has 1 unspecified atom stereocenters. The van der Waals surface area contributed by atoms with Crippen LogP contribution in [0.25, 0.3) is 0 Å². The van der Waals surface area contributed by atoms with E-state index in [4.69, 9.17) is 5.26 Å². The van der Waals surface area contributed by atoms with Crippen molar-refractivity contribution in [2.24, 2.45) is 0 Å². The third-order valence-corrected chi connectivity index (χ3v) is 3.39. The topological polar surface area (TPSA) is 77.2 Å². The van der Waals surface area contributed by atoms with Gasteiger partial charge in [0.15, 0.2) is 0 Å². The first-order chi connectivity index (χ1) is 10.0. The molecule has 1 aromatic carbocycles. The molecule has 21 heavy (non-hydrogen) atoms. The van der Waals surface area contributed by atoms with Crippen LogP contribution in [0.3, 0.4) is 0 Å². The van der Waals surface area contributed by atoms with Gasteiger partial charge in [0.2, 0.25) is 0 Å². The Balaban J connectivity index is 2.17. The normalized spacial score (nSPS) is 11.5. The number of phenols is 1. The van der Waals surface area contributed by atoms with E-state index in [1.165, 1.54) is 6.20 Å². The Kier molecular flexibility index (Phi) is 4.19. The first kappa shape index (κ1) is 14.5. The molecule has 0 aliphatic heterocycles. The summed E-state index contributed by atoms with van der Waals surface area (Å²) in [6.07, 6.45) is 1.38. The molecule has 5 nitrogen and oxygen atoms in total. The monoisotopic (exact) mass is 281 g/mol. The van der Waals surface area contributed by atoms with Gasteiger partial charge in [-0.1, -0.05) is 12.1 Å². The van der Waals surface area contributed by atoms with Gasteiger partial charge in [-0.3, -0.25) is 4.79 Å². The first-order valence-corrected chi connectivity index (χ1v) is 6.45. The summed E-state index contributed by atoms with van der Waals surface area (Å²) in [4.78, 5) is 17.9. The van der Waals surface area contributed by atoms with Crippen molar-refractivity contribution in [1.82, 2.24) is 9.88 Å². The van der Waals surface area contributed by atoms with Crippen LogP contribution < -0.4 is 0 Å². The fourth-order valence-electron chi connectivity index (χ4n) is 1.92. The van der Waals surface area contributed by atoms with Gasteiger partial charge in [-0.25, -0.2) is 4.98 Å². The lowest BCUT2D eigenvalue weighted by atomic mass is 10.1. The number of phenolic OH excluding ortho intramolecular Hbond substituents is 1. The van der Waals surface area contributed by atoms with Gasteiger partial charge in [0.1, 0.15) is 17.5 Å². The highest BCUT2D eigenvalue weighted by Gasteiger charge is 2.19. The molecular weight excluding hydrogens is 266 g/mol. The summed E-state index contributed by atoms with van der Waals surface area (Å²) in [5, 5.41) is 18.0. The molecule has 2 rings (SSSR count). The van der Waals surface area contributed by atoms with Gasteiger partial charge in [0, 0.05) is 13.2 Å². The maximum Gasteiger partial charge on any atom is 0.272 e. The van der Waals surface area contributed by atoms with E-state index in [0.717, 1.165) is 5.56 Å². The van der Waals surface area contributed by atoms with Crippen LogP contribution in [0.5, 0.6) is 5.75 Å². The molecule has 1 atom stereocenters. The number of aromatic nitrogens is 1. The molecule has 0 aliphatic rings. The molecule has 0 radical (unpaired) electrons. The first-order valence-electron chi connectivity index (χ1n) is 6.45. The number of amides is 1. The standard InChI is InChI=1S/C16H15N3O2/c1-11(13-4-6-14(20)7-5-13)19(2)16(21)15-8-3-12(9-17)10-18-15/h3-8,10-11,20H,1-2H3. The summed E-state index contributed by atoms with van der Waals surface area (Å²) in [6, 6.07) is 11.6. The Hall–Kier alpha value is -2.87.